The van der Waals surface area contributed by atoms with E-state index in [1.54, 1.807) is 0 Å². The highest BCUT2D eigenvalue weighted by atomic mass is 35.5. The number of hydrogen-bond acceptors (Lipinski definition) is 3. The van der Waals surface area contributed by atoms with Crippen LogP contribution in [0.25, 0.3) is 0 Å². The summed E-state index contributed by atoms with van der Waals surface area (Å²) in [6.07, 6.45) is -2.94. The molecule has 0 heterocycles. The number of halogens is 3. The second-order valence-electron chi connectivity index (χ2n) is 2.86. The lowest BCUT2D eigenvalue weighted by Gasteiger charge is -2.06. The number of sulfone groups is 1. The van der Waals surface area contributed by atoms with Gasteiger partial charge in [-0.25, -0.2) is 17.2 Å². The van der Waals surface area contributed by atoms with Crippen molar-refractivity contribution in [2.45, 2.75) is 11.3 Å². The van der Waals surface area contributed by atoms with E-state index in [-0.39, 0.29) is 15.6 Å². The molecule has 0 aliphatic carbocycles. The molecule has 1 aromatic carbocycles. The summed E-state index contributed by atoms with van der Waals surface area (Å²) in [6, 6.07) is 3.72. The summed E-state index contributed by atoms with van der Waals surface area (Å²) < 4.78 is 46.8. The third kappa shape index (κ3) is 3.04. The van der Waals surface area contributed by atoms with Crippen molar-refractivity contribution in [3.05, 3.63) is 23.2 Å². The van der Waals surface area contributed by atoms with Crippen molar-refractivity contribution in [2.24, 2.45) is 0 Å². The smallest absolute Gasteiger partial charge is 0.252 e. The van der Waals surface area contributed by atoms with Crippen molar-refractivity contribution in [3.8, 4) is 0 Å². The molecule has 15 heavy (non-hydrogen) atoms. The summed E-state index contributed by atoms with van der Waals surface area (Å²) in [5.74, 6) is -1.25. The molecule has 0 atom stereocenters. The average Bonchev–Trinajstić information content (AvgIpc) is 2.06. The lowest BCUT2D eigenvalue weighted by molar-refractivity contribution is 0.174. The van der Waals surface area contributed by atoms with Gasteiger partial charge in [-0.3, -0.25) is 0 Å². The van der Waals surface area contributed by atoms with Crippen molar-refractivity contribution in [1.82, 2.24) is 0 Å². The van der Waals surface area contributed by atoms with Crippen molar-refractivity contribution in [1.29, 1.82) is 0 Å². The Morgan fingerprint density at radius 2 is 2.00 bits per heavy atom. The van der Waals surface area contributed by atoms with E-state index in [0.29, 0.717) is 0 Å². The van der Waals surface area contributed by atoms with E-state index >= 15 is 0 Å². The Balaban J connectivity index is 3.21. The first kappa shape index (κ1) is 12.2. The largest absolute Gasteiger partial charge is 0.399 e. The number of rotatable bonds is 3. The normalized spacial score (nSPS) is 12.0. The Kier molecular flexibility index (Phi) is 3.51. The van der Waals surface area contributed by atoms with Crippen LogP contribution >= 0.6 is 11.6 Å². The minimum absolute atomic E-state index is 0.107. The molecule has 3 nitrogen and oxygen atoms in total. The first-order chi connectivity index (χ1) is 6.83. The maximum absolute atomic E-state index is 12.0. The van der Waals surface area contributed by atoms with Gasteiger partial charge in [0.25, 0.3) is 6.43 Å². The molecule has 0 saturated carbocycles. The van der Waals surface area contributed by atoms with E-state index < -0.39 is 22.0 Å². The number of anilines is 1. The molecule has 2 N–H and O–H groups in total. The van der Waals surface area contributed by atoms with Gasteiger partial charge in [-0.1, -0.05) is 11.6 Å². The minimum Gasteiger partial charge on any atom is -0.399 e. The summed E-state index contributed by atoms with van der Waals surface area (Å²) in [7, 11) is -4.07. The third-order valence-corrected chi connectivity index (χ3v) is 3.78. The molecule has 84 valence electrons. The molecule has 0 saturated heterocycles. The van der Waals surface area contributed by atoms with E-state index in [9.17, 15) is 17.2 Å². The van der Waals surface area contributed by atoms with E-state index in [2.05, 4.69) is 0 Å². The van der Waals surface area contributed by atoms with Crippen LogP contribution in [0.2, 0.25) is 5.02 Å². The van der Waals surface area contributed by atoms with Crippen LogP contribution in [0.1, 0.15) is 0 Å². The molecule has 0 bridgehead atoms. The molecule has 0 unspecified atom stereocenters. The first-order valence-corrected chi connectivity index (χ1v) is 5.92. The van der Waals surface area contributed by atoms with Gasteiger partial charge in [0.1, 0.15) is 5.75 Å². The van der Waals surface area contributed by atoms with Gasteiger partial charge in [0.15, 0.2) is 9.84 Å². The molecule has 0 fully saturated rings. The molecule has 0 spiro atoms. The quantitative estimate of drug-likeness (QED) is 0.840. The van der Waals surface area contributed by atoms with Gasteiger partial charge < -0.3 is 5.73 Å². The predicted octanol–water partition coefficient (Wildman–Crippen LogP) is 1.96. The van der Waals surface area contributed by atoms with Crippen LogP contribution in [0.15, 0.2) is 23.1 Å². The maximum Gasteiger partial charge on any atom is 0.252 e. The fourth-order valence-corrected chi connectivity index (χ4v) is 2.68. The van der Waals surface area contributed by atoms with Crippen LogP contribution in [-0.4, -0.2) is 20.6 Å². The molecule has 1 aromatic rings. The summed E-state index contributed by atoms with van der Waals surface area (Å²) in [4.78, 5) is -0.357. The lowest BCUT2D eigenvalue weighted by Crippen LogP contribution is -2.14. The lowest BCUT2D eigenvalue weighted by atomic mass is 10.3. The standard InChI is InChI=1S/C8H8ClF2NO2S/c9-6-2-1-5(12)3-7(6)15(13,14)4-8(10)11/h1-3,8H,4,12H2. The molecule has 0 amide bonds. The van der Waals surface area contributed by atoms with Crippen LogP contribution in [0, 0.1) is 0 Å². The highest BCUT2D eigenvalue weighted by Crippen LogP contribution is 2.25. The van der Waals surface area contributed by atoms with Crippen LogP contribution in [-0.2, 0) is 9.84 Å². The Morgan fingerprint density at radius 3 is 2.53 bits per heavy atom. The van der Waals surface area contributed by atoms with Gasteiger partial charge >= 0.3 is 0 Å². The molecule has 0 aliphatic heterocycles. The maximum atomic E-state index is 12.0. The van der Waals surface area contributed by atoms with Crippen LogP contribution in [0.5, 0.6) is 0 Å². The second kappa shape index (κ2) is 4.32. The first-order valence-electron chi connectivity index (χ1n) is 3.89. The summed E-state index contributed by atoms with van der Waals surface area (Å²) in [6.45, 7) is 0. The van der Waals surface area contributed by atoms with Gasteiger partial charge in [-0.05, 0) is 18.2 Å². The molecule has 7 heteroatoms. The summed E-state index contributed by atoms with van der Waals surface area (Å²) in [5, 5.41) is -0.107. The number of nitrogen functional groups attached to an aromatic ring is 1. The van der Waals surface area contributed by atoms with Gasteiger partial charge in [-0.2, -0.15) is 0 Å². The minimum atomic E-state index is -4.07. The van der Waals surface area contributed by atoms with E-state index in [0.717, 1.165) is 6.07 Å². The number of hydrogen-bond donors (Lipinski definition) is 1. The fraction of sp³-hybridized carbons (Fsp3) is 0.250. The zero-order valence-corrected chi connectivity index (χ0v) is 9.02. The topological polar surface area (TPSA) is 60.2 Å². The number of nitrogens with two attached hydrogens (primary N) is 1. The van der Waals surface area contributed by atoms with Gasteiger partial charge in [0.2, 0.25) is 0 Å². The second-order valence-corrected chi connectivity index (χ2v) is 5.27. The molecule has 0 aromatic heterocycles. The predicted molar refractivity (Wildman–Crippen MR) is 53.9 cm³/mol. The van der Waals surface area contributed by atoms with Gasteiger partial charge in [0.05, 0.1) is 9.92 Å². The molecule has 0 radical (unpaired) electrons. The molecular weight excluding hydrogens is 248 g/mol. The summed E-state index contributed by atoms with van der Waals surface area (Å²) >= 11 is 5.58. The average molecular weight is 256 g/mol. The van der Waals surface area contributed by atoms with Crippen molar-refractivity contribution >= 4 is 27.1 Å². The molecule has 0 aliphatic rings. The Hall–Kier alpha value is -0.880. The van der Waals surface area contributed by atoms with E-state index in [1.165, 1.54) is 12.1 Å². The number of benzene rings is 1. The van der Waals surface area contributed by atoms with E-state index in [1.807, 2.05) is 0 Å². The van der Waals surface area contributed by atoms with Crippen molar-refractivity contribution in [3.63, 3.8) is 0 Å². The monoisotopic (exact) mass is 255 g/mol. The fourth-order valence-electron chi connectivity index (χ4n) is 1.01. The Bertz CT molecular complexity index is 462. The Labute approximate surface area is 90.8 Å². The SMILES string of the molecule is Nc1ccc(Cl)c(S(=O)(=O)CC(F)F)c1. The van der Waals surface area contributed by atoms with Crippen LogP contribution < -0.4 is 5.73 Å². The highest BCUT2D eigenvalue weighted by Gasteiger charge is 2.23. The van der Waals surface area contributed by atoms with E-state index in [4.69, 9.17) is 17.3 Å². The van der Waals surface area contributed by atoms with Crippen molar-refractivity contribution in [2.75, 3.05) is 11.5 Å². The number of alkyl halides is 2. The highest BCUT2D eigenvalue weighted by molar-refractivity contribution is 7.91. The zero-order valence-electron chi connectivity index (χ0n) is 7.45. The Morgan fingerprint density at radius 1 is 1.40 bits per heavy atom. The van der Waals surface area contributed by atoms with Crippen LogP contribution in [0.4, 0.5) is 14.5 Å². The summed E-state index contributed by atoms with van der Waals surface area (Å²) in [5.41, 5.74) is 5.50. The van der Waals surface area contributed by atoms with Gasteiger partial charge in [0, 0.05) is 5.69 Å². The molecule has 1 rings (SSSR count). The van der Waals surface area contributed by atoms with Crippen LogP contribution in [0.3, 0.4) is 0 Å². The zero-order chi connectivity index (χ0) is 11.6. The van der Waals surface area contributed by atoms with Gasteiger partial charge in [-0.15, -0.1) is 0 Å². The molecular formula is C8H8ClF2NO2S. The third-order valence-electron chi connectivity index (χ3n) is 1.64. The van der Waals surface area contributed by atoms with Crippen molar-refractivity contribution < 1.29 is 17.2 Å².